The van der Waals surface area contributed by atoms with Crippen molar-refractivity contribution in [3.05, 3.63) is 71.3 Å². The van der Waals surface area contributed by atoms with Gasteiger partial charge in [0.05, 0.1) is 6.04 Å². The largest absolute Gasteiger partial charge is 0.348 e. The van der Waals surface area contributed by atoms with Gasteiger partial charge in [-0.05, 0) is 31.9 Å². The summed E-state index contributed by atoms with van der Waals surface area (Å²) >= 11 is 0. The number of nitrogens with one attached hydrogen (secondary N) is 2. The standard InChI is InChI=1S/C21H23N3O3/c1-14-9-11-17(12-10-14)21(3)19(26)24(20(27)23-21)13-18(25)22-15(2)16-7-5-4-6-8-16/h4-12,15H,13H2,1-3H3,(H,22,25)(H,23,27)/t15-,21+/m0/s1. The Bertz CT molecular complexity index is 864. The fourth-order valence-electron chi connectivity index (χ4n) is 3.18. The van der Waals surface area contributed by atoms with E-state index in [1.807, 2.05) is 68.4 Å². The van der Waals surface area contributed by atoms with Gasteiger partial charge in [0, 0.05) is 0 Å². The van der Waals surface area contributed by atoms with Crippen LogP contribution >= 0.6 is 0 Å². The number of hydrogen-bond acceptors (Lipinski definition) is 3. The summed E-state index contributed by atoms with van der Waals surface area (Å²) in [5.74, 6) is -0.818. The van der Waals surface area contributed by atoms with Gasteiger partial charge in [0.15, 0.2) is 0 Å². The second-order valence-electron chi connectivity index (χ2n) is 7.01. The number of amides is 4. The van der Waals surface area contributed by atoms with Gasteiger partial charge in [-0.2, -0.15) is 0 Å². The van der Waals surface area contributed by atoms with Gasteiger partial charge in [-0.1, -0.05) is 60.2 Å². The average Bonchev–Trinajstić information content (AvgIpc) is 2.87. The molecular formula is C21H23N3O3. The van der Waals surface area contributed by atoms with Crippen LogP contribution in [0.15, 0.2) is 54.6 Å². The van der Waals surface area contributed by atoms with Crippen molar-refractivity contribution in [3.8, 4) is 0 Å². The molecule has 1 aliphatic heterocycles. The van der Waals surface area contributed by atoms with Crippen molar-refractivity contribution in [3.63, 3.8) is 0 Å². The number of urea groups is 1. The molecule has 0 aliphatic carbocycles. The molecule has 2 N–H and O–H groups in total. The summed E-state index contributed by atoms with van der Waals surface area (Å²) in [5, 5.41) is 5.54. The first kappa shape index (κ1) is 18.6. The minimum Gasteiger partial charge on any atom is -0.348 e. The van der Waals surface area contributed by atoms with Crippen LogP contribution in [0.5, 0.6) is 0 Å². The van der Waals surface area contributed by atoms with Gasteiger partial charge in [0.2, 0.25) is 5.91 Å². The lowest BCUT2D eigenvalue weighted by atomic mass is 9.91. The van der Waals surface area contributed by atoms with Gasteiger partial charge in [-0.3, -0.25) is 14.5 Å². The van der Waals surface area contributed by atoms with Crippen molar-refractivity contribution >= 4 is 17.8 Å². The van der Waals surface area contributed by atoms with E-state index < -0.39 is 17.5 Å². The van der Waals surface area contributed by atoms with Gasteiger partial charge in [-0.25, -0.2) is 4.79 Å². The van der Waals surface area contributed by atoms with Crippen molar-refractivity contribution in [2.24, 2.45) is 0 Å². The van der Waals surface area contributed by atoms with E-state index in [9.17, 15) is 14.4 Å². The predicted molar refractivity (Wildman–Crippen MR) is 102 cm³/mol. The minimum absolute atomic E-state index is 0.219. The molecule has 1 aliphatic rings. The SMILES string of the molecule is Cc1ccc([C@@]2(C)NC(=O)N(CC(=O)N[C@@H](C)c3ccccc3)C2=O)cc1. The fraction of sp³-hybridized carbons (Fsp3) is 0.286. The second-order valence-corrected chi connectivity index (χ2v) is 7.01. The average molecular weight is 365 g/mol. The van der Waals surface area contributed by atoms with Crippen molar-refractivity contribution in [2.75, 3.05) is 6.54 Å². The third kappa shape index (κ3) is 3.69. The molecule has 0 bridgehead atoms. The van der Waals surface area contributed by atoms with Crippen molar-refractivity contribution in [1.29, 1.82) is 0 Å². The zero-order valence-electron chi connectivity index (χ0n) is 15.7. The number of aryl methyl sites for hydroxylation is 1. The highest BCUT2D eigenvalue weighted by atomic mass is 16.2. The number of benzene rings is 2. The third-order valence-corrected chi connectivity index (χ3v) is 4.88. The Balaban J connectivity index is 1.70. The molecule has 1 heterocycles. The lowest BCUT2D eigenvalue weighted by Crippen LogP contribution is -2.43. The summed E-state index contributed by atoms with van der Waals surface area (Å²) < 4.78 is 0. The molecule has 3 rings (SSSR count). The zero-order valence-corrected chi connectivity index (χ0v) is 15.7. The summed E-state index contributed by atoms with van der Waals surface area (Å²) in [7, 11) is 0. The third-order valence-electron chi connectivity index (χ3n) is 4.88. The van der Waals surface area contributed by atoms with Crippen LogP contribution in [0.3, 0.4) is 0 Å². The number of imide groups is 1. The van der Waals surface area contributed by atoms with E-state index in [1.54, 1.807) is 6.92 Å². The Morgan fingerprint density at radius 3 is 2.37 bits per heavy atom. The van der Waals surface area contributed by atoms with E-state index in [0.717, 1.165) is 16.0 Å². The zero-order chi connectivity index (χ0) is 19.6. The summed E-state index contributed by atoms with van der Waals surface area (Å²) in [6.07, 6.45) is 0. The molecule has 2 atom stereocenters. The normalized spacial score (nSPS) is 20.3. The molecule has 4 amide bonds. The van der Waals surface area contributed by atoms with Crippen molar-refractivity contribution in [2.45, 2.75) is 32.4 Å². The first-order chi connectivity index (χ1) is 12.8. The van der Waals surface area contributed by atoms with Crippen LogP contribution in [0.4, 0.5) is 4.79 Å². The molecule has 27 heavy (non-hydrogen) atoms. The van der Waals surface area contributed by atoms with E-state index in [4.69, 9.17) is 0 Å². The number of nitrogens with zero attached hydrogens (tertiary/aromatic N) is 1. The number of carbonyl (C=O) groups is 3. The Morgan fingerprint density at radius 1 is 1.11 bits per heavy atom. The van der Waals surface area contributed by atoms with E-state index in [-0.39, 0.29) is 18.5 Å². The van der Waals surface area contributed by atoms with Crippen LogP contribution in [0, 0.1) is 6.92 Å². The van der Waals surface area contributed by atoms with Gasteiger partial charge < -0.3 is 10.6 Å². The Labute approximate surface area is 158 Å². The number of rotatable bonds is 5. The molecule has 0 aromatic heterocycles. The molecule has 2 aromatic rings. The molecule has 1 saturated heterocycles. The first-order valence-corrected chi connectivity index (χ1v) is 8.87. The Kier molecular flexibility index (Phi) is 4.99. The molecular weight excluding hydrogens is 342 g/mol. The molecule has 140 valence electrons. The van der Waals surface area contributed by atoms with Crippen LogP contribution < -0.4 is 10.6 Å². The molecule has 6 heteroatoms. The highest BCUT2D eigenvalue weighted by Gasteiger charge is 2.49. The quantitative estimate of drug-likeness (QED) is 0.800. The predicted octanol–water partition coefficient (Wildman–Crippen LogP) is 2.64. The topological polar surface area (TPSA) is 78.5 Å². The summed E-state index contributed by atoms with van der Waals surface area (Å²) in [6.45, 7) is 5.15. The molecule has 1 fully saturated rings. The number of hydrogen-bond donors (Lipinski definition) is 2. The first-order valence-electron chi connectivity index (χ1n) is 8.87. The fourth-order valence-corrected chi connectivity index (χ4v) is 3.18. The number of carbonyl (C=O) groups excluding carboxylic acids is 3. The molecule has 0 radical (unpaired) electrons. The van der Waals surface area contributed by atoms with E-state index in [1.165, 1.54) is 0 Å². The van der Waals surface area contributed by atoms with Crippen LogP contribution in [0.25, 0.3) is 0 Å². The highest BCUT2D eigenvalue weighted by Crippen LogP contribution is 2.28. The lowest BCUT2D eigenvalue weighted by Gasteiger charge is -2.22. The second kappa shape index (κ2) is 7.23. The summed E-state index contributed by atoms with van der Waals surface area (Å²) in [6, 6.07) is 16.1. The van der Waals surface area contributed by atoms with Crippen LogP contribution in [0.1, 0.15) is 36.6 Å². The highest BCUT2D eigenvalue weighted by molar-refractivity contribution is 6.09. The molecule has 6 nitrogen and oxygen atoms in total. The maximum absolute atomic E-state index is 12.9. The van der Waals surface area contributed by atoms with Gasteiger partial charge >= 0.3 is 6.03 Å². The van der Waals surface area contributed by atoms with Crippen LogP contribution in [-0.2, 0) is 15.1 Å². The van der Waals surface area contributed by atoms with Gasteiger partial charge in [0.1, 0.15) is 12.1 Å². The molecule has 0 spiro atoms. The lowest BCUT2D eigenvalue weighted by molar-refractivity contribution is -0.135. The van der Waals surface area contributed by atoms with Crippen LogP contribution in [-0.4, -0.2) is 29.3 Å². The van der Waals surface area contributed by atoms with Crippen molar-refractivity contribution in [1.82, 2.24) is 15.5 Å². The maximum Gasteiger partial charge on any atom is 0.325 e. The monoisotopic (exact) mass is 365 g/mol. The Morgan fingerprint density at radius 2 is 1.74 bits per heavy atom. The van der Waals surface area contributed by atoms with Gasteiger partial charge in [0.25, 0.3) is 5.91 Å². The molecule has 0 unspecified atom stereocenters. The minimum atomic E-state index is -1.17. The van der Waals surface area contributed by atoms with E-state index >= 15 is 0 Å². The molecule has 0 saturated carbocycles. The summed E-state index contributed by atoms with van der Waals surface area (Å²) in [5.41, 5.74) is 1.53. The van der Waals surface area contributed by atoms with Crippen LogP contribution in [0.2, 0.25) is 0 Å². The van der Waals surface area contributed by atoms with Crippen molar-refractivity contribution < 1.29 is 14.4 Å². The molecule has 2 aromatic carbocycles. The summed E-state index contributed by atoms with van der Waals surface area (Å²) in [4.78, 5) is 38.6. The Hall–Kier alpha value is -3.15. The van der Waals surface area contributed by atoms with E-state index in [0.29, 0.717) is 5.56 Å². The van der Waals surface area contributed by atoms with Gasteiger partial charge in [-0.15, -0.1) is 0 Å². The maximum atomic E-state index is 12.9. The smallest absolute Gasteiger partial charge is 0.325 e. The van der Waals surface area contributed by atoms with E-state index in [2.05, 4.69) is 10.6 Å².